The maximum absolute atomic E-state index is 12.7. The highest BCUT2D eigenvalue weighted by molar-refractivity contribution is 7.89. The highest BCUT2D eigenvalue weighted by Crippen LogP contribution is 2.24. The number of nitrogens with one attached hydrogen (secondary N) is 2. The summed E-state index contributed by atoms with van der Waals surface area (Å²) < 4.78 is 38.8. The van der Waals surface area contributed by atoms with Gasteiger partial charge in [-0.25, -0.2) is 13.1 Å². The second-order valence-electron chi connectivity index (χ2n) is 7.45. The van der Waals surface area contributed by atoms with Gasteiger partial charge in [-0.15, -0.1) is 0 Å². The molecule has 2 aromatic rings. The average Bonchev–Trinajstić information content (AvgIpc) is 2.74. The van der Waals surface area contributed by atoms with Gasteiger partial charge in [-0.1, -0.05) is 19.3 Å². The predicted molar refractivity (Wildman–Crippen MR) is 115 cm³/mol. The Kier molecular flexibility index (Phi) is 7.33. The van der Waals surface area contributed by atoms with Crippen molar-refractivity contribution in [2.24, 2.45) is 0 Å². The summed E-state index contributed by atoms with van der Waals surface area (Å²) >= 11 is 0. The molecule has 8 heteroatoms. The van der Waals surface area contributed by atoms with Crippen molar-refractivity contribution in [3.8, 4) is 11.5 Å². The molecule has 2 aromatic carbocycles. The van der Waals surface area contributed by atoms with Crippen molar-refractivity contribution in [3.05, 3.63) is 48.0 Å². The molecule has 0 radical (unpaired) electrons. The molecule has 0 bridgehead atoms. The summed E-state index contributed by atoms with van der Waals surface area (Å²) in [7, 11) is -2.00. The molecule has 1 aliphatic rings. The van der Waals surface area contributed by atoms with Crippen LogP contribution in [0.1, 0.15) is 37.7 Å². The molecule has 1 fully saturated rings. The fourth-order valence-corrected chi connectivity index (χ4v) is 4.86. The van der Waals surface area contributed by atoms with E-state index in [0.29, 0.717) is 22.7 Å². The zero-order valence-corrected chi connectivity index (χ0v) is 18.1. The van der Waals surface area contributed by atoms with Crippen LogP contribution in [0.15, 0.2) is 47.4 Å². The van der Waals surface area contributed by atoms with E-state index in [1.54, 1.807) is 50.4 Å². The van der Waals surface area contributed by atoms with Crippen molar-refractivity contribution in [1.29, 1.82) is 0 Å². The predicted octanol–water partition coefficient (Wildman–Crippen LogP) is 3.63. The summed E-state index contributed by atoms with van der Waals surface area (Å²) in [5.41, 5.74) is 1.29. The second-order valence-corrected chi connectivity index (χ2v) is 9.16. The number of carbonyl (C=O) groups excluding carboxylic acids is 1. The van der Waals surface area contributed by atoms with E-state index in [0.717, 1.165) is 32.1 Å². The number of methoxy groups -OCH3 is 1. The van der Waals surface area contributed by atoms with Gasteiger partial charge in [0.15, 0.2) is 6.61 Å². The first-order valence-electron chi connectivity index (χ1n) is 10.1. The van der Waals surface area contributed by atoms with Crippen LogP contribution in [0.2, 0.25) is 0 Å². The second kappa shape index (κ2) is 9.95. The van der Waals surface area contributed by atoms with Gasteiger partial charge in [0.25, 0.3) is 5.91 Å². The van der Waals surface area contributed by atoms with Crippen LogP contribution in [0.3, 0.4) is 0 Å². The smallest absolute Gasteiger partial charge is 0.262 e. The summed E-state index contributed by atoms with van der Waals surface area (Å²) in [6.45, 7) is 1.58. The van der Waals surface area contributed by atoms with Crippen molar-refractivity contribution in [2.75, 3.05) is 19.0 Å². The molecule has 0 spiro atoms. The Labute approximate surface area is 177 Å². The molecule has 0 unspecified atom stereocenters. The molecule has 1 amide bonds. The zero-order valence-electron chi connectivity index (χ0n) is 17.3. The summed E-state index contributed by atoms with van der Waals surface area (Å²) in [5.74, 6) is 0.861. The van der Waals surface area contributed by atoms with E-state index in [-0.39, 0.29) is 23.5 Å². The molecule has 3 rings (SSSR count). The summed E-state index contributed by atoms with van der Waals surface area (Å²) in [5, 5.41) is 2.74. The lowest BCUT2D eigenvalue weighted by atomic mass is 9.96. The van der Waals surface area contributed by atoms with Gasteiger partial charge in [0.2, 0.25) is 10.0 Å². The van der Waals surface area contributed by atoms with E-state index in [1.807, 2.05) is 0 Å². The number of rotatable bonds is 8. The number of carbonyl (C=O) groups is 1. The maximum atomic E-state index is 12.7. The lowest BCUT2D eigenvalue weighted by Gasteiger charge is -2.22. The third-order valence-corrected chi connectivity index (χ3v) is 6.63. The average molecular weight is 433 g/mol. The van der Waals surface area contributed by atoms with Gasteiger partial charge in [0, 0.05) is 11.7 Å². The van der Waals surface area contributed by atoms with Crippen LogP contribution >= 0.6 is 0 Å². The minimum atomic E-state index is -3.57. The zero-order chi connectivity index (χ0) is 21.6. The van der Waals surface area contributed by atoms with Gasteiger partial charge >= 0.3 is 0 Å². The Hall–Kier alpha value is -2.58. The summed E-state index contributed by atoms with van der Waals surface area (Å²) in [6.07, 6.45) is 5.02. The van der Waals surface area contributed by atoms with Crippen LogP contribution in [0.5, 0.6) is 11.5 Å². The Balaban J connectivity index is 1.57. The first-order chi connectivity index (χ1) is 14.4. The molecule has 0 aliphatic heterocycles. The third-order valence-electron chi connectivity index (χ3n) is 5.12. The quantitative estimate of drug-likeness (QED) is 0.664. The number of ether oxygens (including phenoxy) is 2. The van der Waals surface area contributed by atoms with Crippen molar-refractivity contribution >= 4 is 21.6 Å². The Morgan fingerprint density at radius 3 is 2.40 bits per heavy atom. The molecule has 0 saturated heterocycles. The van der Waals surface area contributed by atoms with Crippen LogP contribution in [-0.4, -0.2) is 34.1 Å². The number of aryl methyl sites for hydroxylation is 1. The molecule has 0 atom stereocenters. The number of hydrogen-bond donors (Lipinski definition) is 2. The van der Waals surface area contributed by atoms with E-state index < -0.39 is 10.0 Å². The van der Waals surface area contributed by atoms with E-state index >= 15 is 0 Å². The number of hydrogen-bond acceptors (Lipinski definition) is 5. The SMILES string of the molecule is COc1ccc(NC(=O)COc2ccc(S(=O)(=O)NC3CCCCC3)cc2C)cc1. The first kappa shape index (κ1) is 22.1. The van der Waals surface area contributed by atoms with Gasteiger partial charge in [0.1, 0.15) is 11.5 Å². The van der Waals surface area contributed by atoms with Crippen molar-refractivity contribution in [2.45, 2.75) is 50.0 Å². The highest BCUT2D eigenvalue weighted by Gasteiger charge is 2.22. The monoisotopic (exact) mass is 432 g/mol. The molecule has 0 heterocycles. The lowest BCUT2D eigenvalue weighted by molar-refractivity contribution is -0.118. The first-order valence-corrected chi connectivity index (χ1v) is 11.6. The molecule has 30 heavy (non-hydrogen) atoms. The molecule has 1 saturated carbocycles. The highest BCUT2D eigenvalue weighted by atomic mass is 32.2. The molecular formula is C22H28N2O5S. The molecule has 162 valence electrons. The number of sulfonamides is 1. The van der Waals surface area contributed by atoms with Crippen LogP contribution in [0.25, 0.3) is 0 Å². The Morgan fingerprint density at radius 1 is 1.07 bits per heavy atom. The minimum absolute atomic E-state index is 0.00151. The fourth-order valence-electron chi connectivity index (χ4n) is 3.47. The van der Waals surface area contributed by atoms with Crippen LogP contribution < -0.4 is 19.5 Å². The van der Waals surface area contributed by atoms with Crippen LogP contribution in [0, 0.1) is 6.92 Å². The van der Waals surface area contributed by atoms with E-state index in [4.69, 9.17) is 9.47 Å². The van der Waals surface area contributed by atoms with Crippen molar-refractivity contribution < 1.29 is 22.7 Å². The van der Waals surface area contributed by atoms with E-state index in [1.165, 1.54) is 6.07 Å². The normalized spacial score (nSPS) is 14.9. The van der Waals surface area contributed by atoms with Gasteiger partial charge in [-0.2, -0.15) is 0 Å². The largest absolute Gasteiger partial charge is 0.497 e. The number of amides is 1. The van der Waals surface area contributed by atoms with Crippen molar-refractivity contribution in [1.82, 2.24) is 4.72 Å². The molecular weight excluding hydrogens is 404 g/mol. The van der Waals surface area contributed by atoms with E-state index in [9.17, 15) is 13.2 Å². The van der Waals surface area contributed by atoms with Crippen LogP contribution in [0.4, 0.5) is 5.69 Å². The Morgan fingerprint density at radius 2 is 1.77 bits per heavy atom. The van der Waals surface area contributed by atoms with Gasteiger partial charge < -0.3 is 14.8 Å². The number of benzene rings is 2. The maximum Gasteiger partial charge on any atom is 0.262 e. The summed E-state index contributed by atoms with van der Waals surface area (Å²) in [4.78, 5) is 12.3. The van der Waals surface area contributed by atoms with Gasteiger partial charge in [0.05, 0.1) is 12.0 Å². The lowest BCUT2D eigenvalue weighted by Crippen LogP contribution is -2.36. The van der Waals surface area contributed by atoms with Gasteiger partial charge in [-0.05, 0) is 67.8 Å². The third kappa shape index (κ3) is 5.96. The molecule has 0 aromatic heterocycles. The fraction of sp³-hybridized carbons (Fsp3) is 0.409. The molecule has 2 N–H and O–H groups in total. The minimum Gasteiger partial charge on any atom is -0.497 e. The molecule has 7 nitrogen and oxygen atoms in total. The molecule has 1 aliphatic carbocycles. The Bertz CT molecular complexity index is 968. The number of anilines is 1. The summed E-state index contributed by atoms with van der Waals surface area (Å²) in [6, 6.07) is 11.6. The van der Waals surface area contributed by atoms with Crippen LogP contribution in [-0.2, 0) is 14.8 Å². The van der Waals surface area contributed by atoms with Crippen molar-refractivity contribution in [3.63, 3.8) is 0 Å². The van der Waals surface area contributed by atoms with E-state index in [2.05, 4.69) is 10.0 Å². The van der Waals surface area contributed by atoms with Gasteiger partial charge in [-0.3, -0.25) is 4.79 Å². The standard InChI is InChI=1S/C22H28N2O5S/c1-16-14-20(30(26,27)24-18-6-4-3-5-7-18)12-13-21(16)29-15-22(25)23-17-8-10-19(28-2)11-9-17/h8-14,18,24H,3-7,15H2,1-2H3,(H,23,25). The topological polar surface area (TPSA) is 93.7 Å².